The van der Waals surface area contributed by atoms with Crippen molar-refractivity contribution in [2.75, 3.05) is 31.2 Å². The second kappa shape index (κ2) is 5.70. The van der Waals surface area contributed by atoms with Gasteiger partial charge in [-0.1, -0.05) is 6.92 Å². The molecule has 1 N–H and O–H groups in total. The molecule has 0 aromatic heterocycles. The van der Waals surface area contributed by atoms with Crippen LogP contribution in [0.5, 0.6) is 0 Å². The number of nitrogens with one attached hydrogen (secondary N) is 1. The number of piperidine rings is 1. The van der Waals surface area contributed by atoms with Crippen LogP contribution in [-0.4, -0.2) is 49.0 Å². The fourth-order valence-electron chi connectivity index (χ4n) is 3.35. The van der Waals surface area contributed by atoms with Crippen LogP contribution in [0.15, 0.2) is 0 Å². The first-order valence-electron chi connectivity index (χ1n) is 7.35. The molecule has 0 aliphatic carbocycles. The minimum atomic E-state index is 0.152. The number of ether oxygens (including phenoxy) is 2. The zero-order valence-electron chi connectivity index (χ0n) is 11.3. The van der Waals surface area contributed by atoms with E-state index < -0.39 is 0 Å². The standard InChI is InChI=1S/C14H25NO2S/c1-11-2-5-15-9-13(11)17-12-3-6-16-14(8-12)4-7-18-10-14/h11-13,15H,2-10H2,1H3. The van der Waals surface area contributed by atoms with E-state index >= 15 is 0 Å². The minimum Gasteiger partial charge on any atom is -0.374 e. The number of thioether (sulfide) groups is 1. The van der Waals surface area contributed by atoms with Gasteiger partial charge in [0.05, 0.1) is 17.8 Å². The van der Waals surface area contributed by atoms with Gasteiger partial charge in [0, 0.05) is 25.3 Å². The van der Waals surface area contributed by atoms with Gasteiger partial charge in [0.15, 0.2) is 0 Å². The number of hydrogen-bond acceptors (Lipinski definition) is 4. The van der Waals surface area contributed by atoms with E-state index in [4.69, 9.17) is 9.47 Å². The Morgan fingerprint density at radius 3 is 3.11 bits per heavy atom. The van der Waals surface area contributed by atoms with E-state index in [0.717, 1.165) is 32.5 Å². The van der Waals surface area contributed by atoms with Crippen molar-refractivity contribution in [3.05, 3.63) is 0 Å². The topological polar surface area (TPSA) is 30.5 Å². The van der Waals surface area contributed by atoms with Crippen LogP contribution >= 0.6 is 11.8 Å². The first kappa shape index (κ1) is 13.2. The molecule has 3 saturated heterocycles. The van der Waals surface area contributed by atoms with Crippen molar-refractivity contribution < 1.29 is 9.47 Å². The van der Waals surface area contributed by atoms with Gasteiger partial charge in [-0.25, -0.2) is 0 Å². The van der Waals surface area contributed by atoms with Crippen molar-refractivity contribution in [3.8, 4) is 0 Å². The highest BCUT2D eigenvalue weighted by atomic mass is 32.2. The Hall–Kier alpha value is 0.230. The van der Waals surface area contributed by atoms with Crippen LogP contribution in [0.4, 0.5) is 0 Å². The lowest BCUT2D eigenvalue weighted by Gasteiger charge is -2.40. The maximum Gasteiger partial charge on any atom is 0.0805 e. The smallest absolute Gasteiger partial charge is 0.0805 e. The summed E-state index contributed by atoms with van der Waals surface area (Å²) in [4.78, 5) is 0. The molecule has 0 aromatic rings. The van der Waals surface area contributed by atoms with Crippen molar-refractivity contribution in [2.45, 2.75) is 50.4 Å². The van der Waals surface area contributed by atoms with Crippen LogP contribution in [-0.2, 0) is 9.47 Å². The van der Waals surface area contributed by atoms with Crippen LogP contribution < -0.4 is 5.32 Å². The van der Waals surface area contributed by atoms with E-state index in [2.05, 4.69) is 12.2 Å². The molecule has 4 heteroatoms. The molecule has 18 heavy (non-hydrogen) atoms. The Morgan fingerprint density at radius 2 is 2.33 bits per heavy atom. The molecule has 0 radical (unpaired) electrons. The monoisotopic (exact) mass is 271 g/mol. The van der Waals surface area contributed by atoms with Crippen LogP contribution in [0.1, 0.15) is 32.6 Å². The predicted octanol–water partition coefficient (Wildman–Crippen LogP) is 2.06. The Labute approximate surface area is 114 Å². The minimum absolute atomic E-state index is 0.152. The lowest BCUT2D eigenvalue weighted by molar-refractivity contribution is -0.146. The van der Waals surface area contributed by atoms with Crippen LogP contribution in [0.25, 0.3) is 0 Å². The van der Waals surface area contributed by atoms with Crippen LogP contribution in [0, 0.1) is 5.92 Å². The summed E-state index contributed by atoms with van der Waals surface area (Å²) < 4.78 is 12.4. The SMILES string of the molecule is CC1CCNCC1OC1CCOC2(CCSC2)C1. The summed E-state index contributed by atoms with van der Waals surface area (Å²) in [6.07, 6.45) is 5.49. The van der Waals surface area contributed by atoms with Crippen molar-refractivity contribution in [1.29, 1.82) is 0 Å². The van der Waals surface area contributed by atoms with Gasteiger partial charge < -0.3 is 14.8 Å². The van der Waals surface area contributed by atoms with E-state index in [1.807, 2.05) is 11.8 Å². The van der Waals surface area contributed by atoms with Crippen molar-refractivity contribution in [1.82, 2.24) is 5.32 Å². The average molecular weight is 271 g/mol. The molecule has 3 fully saturated rings. The fraction of sp³-hybridized carbons (Fsp3) is 1.00. The van der Waals surface area contributed by atoms with Crippen molar-refractivity contribution in [3.63, 3.8) is 0 Å². The maximum absolute atomic E-state index is 6.38. The lowest BCUT2D eigenvalue weighted by Crippen LogP contribution is -2.47. The molecule has 1 spiro atoms. The summed E-state index contributed by atoms with van der Waals surface area (Å²) in [6.45, 7) is 5.39. The summed E-state index contributed by atoms with van der Waals surface area (Å²) in [5.41, 5.74) is 0.152. The third-order valence-corrected chi connectivity index (χ3v) is 5.86. The van der Waals surface area contributed by atoms with Crippen LogP contribution in [0.2, 0.25) is 0 Å². The first-order valence-corrected chi connectivity index (χ1v) is 8.51. The second-order valence-corrected chi connectivity index (χ2v) is 7.20. The van der Waals surface area contributed by atoms with Gasteiger partial charge in [-0.2, -0.15) is 11.8 Å². The first-order chi connectivity index (χ1) is 8.77. The zero-order chi connectivity index (χ0) is 12.4. The maximum atomic E-state index is 6.38. The van der Waals surface area contributed by atoms with Gasteiger partial charge in [0.2, 0.25) is 0 Å². The molecule has 3 rings (SSSR count). The zero-order valence-corrected chi connectivity index (χ0v) is 12.1. The third-order valence-electron chi connectivity index (χ3n) is 4.64. The summed E-state index contributed by atoms with van der Waals surface area (Å²) in [7, 11) is 0. The van der Waals surface area contributed by atoms with Gasteiger partial charge in [-0.3, -0.25) is 0 Å². The fourth-order valence-corrected chi connectivity index (χ4v) is 4.73. The average Bonchev–Trinajstić information content (AvgIpc) is 2.80. The molecule has 0 aromatic carbocycles. The molecule has 0 saturated carbocycles. The van der Waals surface area contributed by atoms with E-state index in [1.54, 1.807) is 0 Å². The molecule has 0 amide bonds. The highest BCUT2D eigenvalue weighted by Gasteiger charge is 2.41. The van der Waals surface area contributed by atoms with Gasteiger partial charge in [-0.15, -0.1) is 0 Å². The molecule has 3 aliphatic rings. The Bertz CT molecular complexity index is 281. The Morgan fingerprint density at radius 1 is 1.39 bits per heavy atom. The second-order valence-electron chi connectivity index (χ2n) is 6.09. The number of hydrogen-bond donors (Lipinski definition) is 1. The van der Waals surface area contributed by atoms with E-state index in [0.29, 0.717) is 18.1 Å². The van der Waals surface area contributed by atoms with E-state index in [9.17, 15) is 0 Å². The van der Waals surface area contributed by atoms with Gasteiger partial charge >= 0.3 is 0 Å². The van der Waals surface area contributed by atoms with Gasteiger partial charge in [0.1, 0.15) is 0 Å². The molecular weight excluding hydrogens is 246 g/mol. The van der Waals surface area contributed by atoms with Gasteiger partial charge in [-0.05, 0) is 37.5 Å². The highest BCUT2D eigenvalue weighted by molar-refractivity contribution is 7.99. The molecule has 3 heterocycles. The quantitative estimate of drug-likeness (QED) is 0.833. The van der Waals surface area contributed by atoms with Gasteiger partial charge in [0.25, 0.3) is 0 Å². The Balaban J connectivity index is 1.55. The number of rotatable bonds is 2. The lowest BCUT2D eigenvalue weighted by atomic mass is 9.90. The molecule has 3 nitrogen and oxygen atoms in total. The highest BCUT2D eigenvalue weighted by Crippen LogP contribution is 2.39. The summed E-state index contributed by atoms with van der Waals surface area (Å²) in [5.74, 6) is 3.13. The third kappa shape index (κ3) is 2.87. The molecule has 104 valence electrons. The molecule has 4 atom stereocenters. The normalized spacial score (nSPS) is 45.5. The molecule has 3 aliphatic heterocycles. The van der Waals surface area contributed by atoms with Crippen molar-refractivity contribution >= 4 is 11.8 Å². The summed E-state index contributed by atoms with van der Waals surface area (Å²) in [6, 6.07) is 0. The summed E-state index contributed by atoms with van der Waals surface area (Å²) >= 11 is 2.04. The molecular formula is C14H25NO2S. The Kier molecular flexibility index (Phi) is 4.18. The predicted molar refractivity (Wildman–Crippen MR) is 75.2 cm³/mol. The largest absolute Gasteiger partial charge is 0.374 e. The molecule has 0 bridgehead atoms. The van der Waals surface area contributed by atoms with E-state index in [-0.39, 0.29) is 5.60 Å². The van der Waals surface area contributed by atoms with Crippen molar-refractivity contribution in [2.24, 2.45) is 5.92 Å². The van der Waals surface area contributed by atoms with E-state index in [1.165, 1.54) is 24.3 Å². The van der Waals surface area contributed by atoms with Crippen LogP contribution in [0.3, 0.4) is 0 Å². The summed E-state index contributed by atoms with van der Waals surface area (Å²) in [5, 5.41) is 3.46. The molecule has 4 unspecified atom stereocenters.